The van der Waals surface area contributed by atoms with E-state index in [1.54, 1.807) is 7.11 Å². The van der Waals surface area contributed by atoms with Gasteiger partial charge in [-0.2, -0.15) is 0 Å². The molecule has 0 aliphatic heterocycles. The van der Waals surface area contributed by atoms with E-state index in [0.717, 1.165) is 5.56 Å². The van der Waals surface area contributed by atoms with E-state index in [0.29, 0.717) is 17.3 Å². The number of hydrogen-bond donors (Lipinski definition) is 2. The van der Waals surface area contributed by atoms with Gasteiger partial charge in [0, 0.05) is 0 Å². The van der Waals surface area contributed by atoms with E-state index in [1.807, 2.05) is 25.1 Å². The van der Waals surface area contributed by atoms with Crippen molar-refractivity contribution in [3.05, 3.63) is 41.9 Å². The summed E-state index contributed by atoms with van der Waals surface area (Å²) in [5.74, 6) is -0.121. The van der Waals surface area contributed by atoms with Gasteiger partial charge in [0.05, 0.1) is 25.2 Å². The number of carboxylic acid groups (broad SMARTS) is 1. The number of benzene rings is 1. The van der Waals surface area contributed by atoms with Gasteiger partial charge in [0.2, 0.25) is 0 Å². The second kappa shape index (κ2) is 5.34. The Morgan fingerprint density at radius 2 is 2.16 bits per heavy atom. The second-order valence-electron chi connectivity index (χ2n) is 3.92. The largest absolute Gasteiger partial charge is 0.495 e. The standard InChI is InChI=1S/C13H13N3O3/c1-8-3-4-11(19-2)9(5-8)15-12-7-14-6-10(16-12)13(17)18/h3-7H,1-2H3,(H,15,16)(H,17,18). The van der Waals surface area contributed by atoms with Crippen LogP contribution in [0.15, 0.2) is 30.6 Å². The Balaban J connectivity index is 2.33. The highest BCUT2D eigenvalue weighted by Gasteiger charge is 2.08. The Labute approximate surface area is 110 Å². The predicted molar refractivity (Wildman–Crippen MR) is 70.0 cm³/mol. The van der Waals surface area contributed by atoms with Gasteiger partial charge in [0.15, 0.2) is 5.69 Å². The van der Waals surface area contributed by atoms with Crippen molar-refractivity contribution in [1.82, 2.24) is 9.97 Å². The molecule has 19 heavy (non-hydrogen) atoms. The Morgan fingerprint density at radius 1 is 1.37 bits per heavy atom. The summed E-state index contributed by atoms with van der Waals surface area (Å²) in [5.41, 5.74) is 1.64. The Bertz CT molecular complexity index is 614. The van der Waals surface area contributed by atoms with Gasteiger partial charge in [-0.25, -0.2) is 9.78 Å². The minimum absolute atomic E-state index is 0.114. The van der Waals surface area contributed by atoms with E-state index < -0.39 is 5.97 Å². The maximum absolute atomic E-state index is 10.8. The third kappa shape index (κ3) is 2.98. The molecule has 0 bridgehead atoms. The Kier molecular flexibility index (Phi) is 3.61. The van der Waals surface area contributed by atoms with Gasteiger partial charge in [-0.1, -0.05) is 6.07 Å². The van der Waals surface area contributed by atoms with Crippen LogP contribution in [-0.4, -0.2) is 28.2 Å². The predicted octanol–water partition coefficient (Wildman–Crippen LogP) is 2.24. The smallest absolute Gasteiger partial charge is 0.356 e. The number of carboxylic acids is 1. The number of rotatable bonds is 4. The number of ether oxygens (including phenoxy) is 1. The van der Waals surface area contributed by atoms with Crippen molar-refractivity contribution in [1.29, 1.82) is 0 Å². The number of nitrogens with zero attached hydrogens (tertiary/aromatic N) is 2. The first-order chi connectivity index (χ1) is 9.10. The zero-order valence-electron chi connectivity index (χ0n) is 10.5. The molecule has 1 heterocycles. The SMILES string of the molecule is COc1ccc(C)cc1Nc1cncc(C(=O)O)n1. The molecule has 1 aromatic heterocycles. The van der Waals surface area contributed by atoms with Gasteiger partial charge in [-0.15, -0.1) is 0 Å². The van der Waals surface area contributed by atoms with Crippen molar-refractivity contribution in [2.45, 2.75) is 6.92 Å². The number of aromatic nitrogens is 2. The van der Waals surface area contributed by atoms with Crippen molar-refractivity contribution >= 4 is 17.5 Å². The maximum Gasteiger partial charge on any atom is 0.356 e. The molecule has 0 radical (unpaired) electrons. The summed E-state index contributed by atoms with van der Waals surface area (Å²) in [7, 11) is 1.56. The van der Waals surface area contributed by atoms with Crippen LogP contribution in [0, 0.1) is 6.92 Å². The first-order valence-electron chi connectivity index (χ1n) is 5.57. The third-order valence-electron chi connectivity index (χ3n) is 2.47. The zero-order valence-corrected chi connectivity index (χ0v) is 10.5. The summed E-state index contributed by atoms with van der Waals surface area (Å²) >= 11 is 0. The van der Waals surface area contributed by atoms with E-state index in [9.17, 15) is 4.79 Å². The van der Waals surface area contributed by atoms with E-state index in [2.05, 4.69) is 15.3 Å². The zero-order chi connectivity index (χ0) is 13.8. The summed E-state index contributed by atoms with van der Waals surface area (Å²) in [6.45, 7) is 1.95. The quantitative estimate of drug-likeness (QED) is 0.875. The lowest BCUT2D eigenvalue weighted by atomic mass is 10.2. The number of nitrogens with one attached hydrogen (secondary N) is 1. The molecule has 1 aromatic carbocycles. The van der Waals surface area contributed by atoms with Crippen LogP contribution in [0.3, 0.4) is 0 Å². The molecular formula is C13H13N3O3. The fraction of sp³-hybridized carbons (Fsp3) is 0.154. The topological polar surface area (TPSA) is 84.3 Å². The molecule has 6 nitrogen and oxygen atoms in total. The van der Waals surface area contributed by atoms with Crippen LogP contribution in [0.2, 0.25) is 0 Å². The molecule has 0 saturated heterocycles. The highest BCUT2D eigenvalue weighted by Crippen LogP contribution is 2.27. The normalized spacial score (nSPS) is 10.0. The highest BCUT2D eigenvalue weighted by atomic mass is 16.5. The molecule has 6 heteroatoms. The molecule has 0 atom stereocenters. The van der Waals surface area contributed by atoms with Gasteiger partial charge < -0.3 is 15.2 Å². The fourth-order valence-corrected chi connectivity index (χ4v) is 1.59. The number of carbonyl (C=O) groups is 1. The van der Waals surface area contributed by atoms with E-state index >= 15 is 0 Å². The van der Waals surface area contributed by atoms with Crippen molar-refractivity contribution in [3.8, 4) is 5.75 Å². The molecule has 2 rings (SSSR count). The van der Waals surface area contributed by atoms with Crippen LogP contribution in [0.5, 0.6) is 5.75 Å². The summed E-state index contributed by atoms with van der Waals surface area (Å²) in [6.07, 6.45) is 2.65. The van der Waals surface area contributed by atoms with E-state index in [1.165, 1.54) is 12.4 Å². The molecule has 0 spiro atoms. The van der Waals surface area contributed by atoms with E-state index in [4.69, 9.17) is 9.84 Å². The summed E-state index contributed by atoms with van der Waals surface area (Å²) < 4.78 is 5.22. The molecule has 0 fully saturated rings. The molecule has 98 valence electrons. The minimum Gasteiger partial charge on any atom is -0.495 e. The number of aryl methyl sites for hydroxylation is 1. The molecule has 2 N–H and O–H groups in total. The number of anilines is 2. The van der Waals surface area contributed by atoms with Crippen LogP contribution in [0.4, 0.5) is 11.5 Å². The number of hydrogen-bond acceptors (Lipinski definition) is 5. The molecular weight excluding hydrogens is 246 g/mol. The first kappa shape index (κ1) is 12.8. The second-order valence-corrected chi connectivity index (χ2v) is 3.92. The molecule has 0 saturated carbocycles. The first-order valence-corrected chi connectivity index (χ1v) is 5.57. The summed E-state index contributed by atoms with van der Waals surface area (Å²) in [6, 6.07) is 5.63. The lowest BCUT2D eigenvalue weighted by Gasteiger charge is -2.11. The van der Waals surface area contributed by atoms with Crippen molar-refractivity contribution in [3.63, 3.8) is 0 Å². The highest BCUT2D eigenvalue weighted by molar-refractivity contribution is 5.85. The lowest BCUT2D eigenvalue weighted by Crippen LogP contribution is -2.04. The molecule has 0 amide bonds. The molecule has 0 aliphatic rings. The average Bonchev–Trinajstić information content (AvgIpc) is 2.39. The molecule has 2 aromatic rings. The number of methoxy groups -OCH3 is 1. The molecule has 0 unspecified atom stereocenters. The maximum atomic E-state index is 10.8. The van der Waals surface area contributed by atoms with Gasteiger partial charge in [0.25, 0.3) is 0 Å². The Hall–Kier alpha value is -2.63. The van der Waals surface area contributed by atoms with Crippen LogP contribution in [0.25, 0.3) is 0 Å². The Morgan fingerprint density at radius 3 is 2.84 bits per heavy atom. The van der Waals surface area contributed by atoms with Gasteiger partial charge in [-0.3, -0.25) is 4.98 Å². The van der Waals surface area contributed by atoms with Crippen LogP contribution >= 0.6 is 0 Å². The monoisotopic (exact) mass is 259 g/mol. The van der Waals surface area contributed by atoms with Crippen molar-refractivity contribution in [2.75, 3.05) is 12.4 Å². The summed E-state index contributed by atoms with van der Waals surface area (Å²) in [4.78, 5) is 18.6. The average molecular weight is 259 g/mol. The van der Waals surface area contributed by atoms with Crippen molar-refractivity contribution < 1.29 is 14.6 Å². The minimum atomic E-state index is -1.12. The van der Waals surface area contributed by atoms with Gasteiger partial charge in [0.1, 0.15) is 11.6 Å². The third-order valence-corrected chi connectivity index (χ3v) is 2.47. The van der Waals surface area contributed by atoms with Crippen LogP contribution in [0.1, 0.15) is 16.1 Å². The molecule has 0 aliphatic carbocycles. The van der Waals surface area contributed by atoms with Crippen molar-refractivity contribution in [2.24, 2.45) is 0 Å². The summed E-state index contributed by atoms with van der Waals surface area (Å²) in [5, 5.41) is 11.9. The van der Waals surface area contributed by atoms with Gasteiger partial charge in [-0.05, 0) is 24.6 Å². The van der Waals surface area contributed by atoms with Gasteiger partial charge >= 0.3 is 5.97 Å². The lowest BCUT2D eigenvalue weighted by molar-refractivity contribution is 0.0690. The fourth-order valence-electron chi connectivity index (χ4n) is 1.59. The van der Waals surface area contributed by atoms with E-state index in [-0.39, 0.29) is 5.69 Å². The van der Waals surface area contributed by atoms with Crippen LogP contribution in [-0.2, 0) is 0 Å². The van der Waals surface area contributed by atoms with Crippen LogP contribution < -0.4 is 10.1 Å². The number of aromatic carboxylic acids is 1.